The number of carbonyl (C=O) groups is 3. The first-order valence-electron chi connectivity index (χ1n) is 9.51. The van der Waals surface area contributed by atoms with Crippen molar-refractivity contribution in [1.82, 2.24) is 0 Å². The van der Waals surface area contributed by atoms with Crippen LogP contribution in [0.3, 0.4) is 0 Å². The van der Waals surface area contributed by atoms with Gasteiger partial charge < -0.3 is 19.2 Å². The summed E-state index contributed by atoms with van der Waals surface area (Å²) >= 11 is 13.1. The second kappa shape index (κ2) is 10.2. The lowest BCUT2D eigenvalue weighted by molar-refractivity contribution is 0.0527. The van der Waals surface area contributed by atoms with E-state index in [1.165, 1.54) is 13.0 Å². The lowest BCUT2D eigenvalue weighted by Gasteiger charge is -2.07. The van der Waals surface area contributed by atoms with Gasteiger partial charge in [0.05, 0.1) is 22.1 Å². The van der Waals surface area contributed by atoms with Gasteiger partial charge in [-0.3, -0.25) is 9.59 Å². The molecule has 168 valence electrons. The number of halogens is 2. The topological polar surface area (TPSA) is 94.8 Å². The number of amides is 1. The monoisotopic (exact) mass is 495 g/mol. The van der Waals surface area contributed by atoms with Crippen LogP contribution in [0.25, 0.3) is 0 Å². The third kappa shape index (κ3) is 5.15. The number of benzene rings is 1. The van der Waals surface area contributed by atoms with Gasteiger partial charge in [0.15, 0.2) is 11.5 Å². The fourth-order valence-corrected chi connectivity index (χ4v) is 4.30. The number of Topliss-reactive ketones (excluding diaryl/α,β-unsaturated/α-hetero) is 1. The summed E-state index contributed by atoms with van der Waals surface area (Å²) < 4.78 is 16.2. The zero-order chi connectivity index (χ0) is 23.4. The summed E-state index contributed by atoms with van der Waals surface area (Å²) in [7, 11) is 0. The average Bonchev–Trinajstić information content (AvgIpc) is 3.34. The van der Waals surface area contributed by atoms with Crippen LogP contribution in [0.15, 0.2) is 34.7 Å². The molecular formula is C22H19Cl2NO6S. The van der Waals surface area contributed by atoms with Crippen molar-refractivity contribution in [3.8, 4) is 5.75 Å². The smallest absolute Gasteiger partial charge is 0.341 e. The minimum Gasteiger partial charge on any atom is -0.484 e. The largest absolute Gasteiger partial charge is 0.484 e. The molecule has 0 unspecified atom stereocenters. The van der Waals surface area contributed by atoms with Crippen molar-refractivity contribution in [2.45, 2.75) is 27.4 Å². The third-order valence-electron chi connectivity index (χ3n) is 4.34. The number of nitrogens with one attached hydrogen (secondary N) is 1. The normalized spacial score (nSPS) is 10.7. The summed E-state index contributed by atoms with van der Waals surface area (Å²) in [5, 5.41) is 3.49. The first-order chi connectivity index (χ1) is 15.2. The molecule has 0 radical (unpaired) electrons. The molecule has 0 aliphatic heterocycles. The van der Waals surface area contributed by atoms with Crippen molar-refractivity contribution in [2.75, 3.05) is 11.9 Å². The van der Waals surface area contributed by atoms with Crippen molar-refractivity contribution < 1.29 is 28.3 Å². The number of ether oxygens (including phenoxy) is 2. The molecular weight excluding hydrogens is 477 g/mol. The van der Waals surface area contributed by atoms with E-state index in [1.807, 2.05) is 0 Å². The van der Waals surface area contributed by atoms with Crippen LogP contribution in [-0.4, -0.2) is 24.3 Å². The quantitative estimate of drug-likeness (QED) is 0.296. The van der Waals surface area contributed by atoms with E-state index >= 15 is 0 Å². The molecule has 10 heteroatoms. The van der Waals surface area contributed by atoms with Gasteiger partial charge in [-0.25, -0.2) is 4.79 Å². The number of hydrogen-bond donors (Lipinski definition) is 1. The standard InChI is InChI=1S/C22H19Cl2NO6S/c1-4-29-22(28)17-11(2)19(12(3)26)32-21(17)25-20(27)16-9-8-13(31-16)10-30-15-7-5-6-14(23)18(15)24/h5-9H,4,10H2,1-3H3,(H,25,27). The SMILES string of the molecule is CCOC(=O)c1c(NC(=O)c2ccc(COc3cccc(Cl)c3Cl)o2)sc(C(C)=O)c1C. The molecule has 1 aromatic carbocycles. The lowest BCUT2D eigenvalue weighted by atomic mass is 10.1. The van der Waals surface area contributed by atoms with Crippen LogP contribution in [0.2, 0.25) is 10.0 Å². The molecule has 32 heavy (non-hydrogen) atoms. The Morgan fingerprint density at radius 3 is 2.59 bits per heavy atom. The van der Waals surface area contributed by atoms with Gasteiger partial charge in [0.1, 0.15) is 28.1 Å². The minimum atomic E-state index is -0.615. The van der Waals surface area contributed by atoms with Crippen molar-refractivity contribution >= 4 is 57.2 Å². The highest BCUT2D eigenvalue weighted by Crippen LogP contribution is 2.35. The van der Waals surface area contributed by atoms with Crippen LogP contribution >= 0.6 is 34.5 Å². The van der Waals surface area contributed by atoms with Gasteiger partial charge in [0.25, 0.3) is 5.91 Å². The number of rotatable bonds is 8. The molecule has 7 nitrogen and oxygen atoms in total. The van der Waals surface area contributed by atoms with Gasteiger partial charge in [-0.05, 0) is 50.6 Å². The molecule has 0 aliphatic rings. The van der Waals surface area contributed by atoms with Gasteiger partial charge in [-0.1, -0.05) is 29.3 Å². The summed E-state index contributed by atoms with van der Waals surface area (Å²) in [5.41, 5.74) is 0.615. The summed E-state index contributed by atoms with van der Waals surface area (Å²) in [6.45, 7) is 4.89. The molecule has 0 spiro atoms. The van der Waals surface area contributed by atoms with E-state index in [-0.39, 0.29) is 40.3 Å². The molecule has 2 heterocycles. The highest BCUT2D eigenvalue weighted by atomic mass is 35.5. The Bertz CT molecular complexity index is 1180. The van der Waals surface area contributed by atoms with Crippen molar-refractivity contribution in [3.63, 3.8) is 0 Å². The number of furan rings is 1. The Balaban J connectivity index is 1.76. The molecule has 1 N–H and O–H groups in total. The Kier molecular flexibility index (Phi) is 7.60. The zero-order valence-electron chi connectivity index (χ0n) is 17.4. The molecule has 0 aliphatic carbocycles. The Morgan fingerprint density at radius 2 is 1.91 bits per heavy atom. The number of esters is 1. The van der Waals surface area contributed by atoms with Crippen molar-refractivity contribution in [1.29, 1.82) is 0 Å². The van der Waals surface area contributed by atoms with E-state index < -0.39 is 11.9 Å². The summed E-state index contributed by atoms with van der Waals surface area (Å²) in [6.07, 6.45) is 0. The molecule has 0 bridgehead atoms. The number of ketones is 1. The third-order valence-corrected chi connectivity index (χ3v) is 6.45. The molecule has 0 fully saturated rings. The molecule has 3 aromatic rings. The van der Waals surface area contributed by atoms with Crippen LogP contribution in [-0.2, 0) is 11.3 Å². The van der Waals surface area contributed by atoms with E-state index in [4.69, 9.17) is 37.1 Å². The van der Waals surface area contributed by atoms with Crippen LogP contribution < -0.4 is 10.1 Å². The van der Waals surface area contributed by atoms with Gasteiger partial charge in [-0.2, -0.15) is 0 Å². The molecule has 1 amide bonds. The fourth-order valence-electron chi connectivity index (χ4n) is 2.87. The molecule has 0 saturated heterocycles. The highest BCUT2D eigenvalue weighted by Gasteiger charge is 2.26. The van der Waals surface area contributed by atoms with Crippen LogP contribution in [0.4, 0.5) is 5.00 Å². The Morgan fingerprint density at radius 1 is 1.16 bits per heavy atom. The average molecular weight is 496 g/mol. The Hall–Kier alpha value is -2.81. The van der Waals surface area contributed by atoms with E-state index in [2.05, 4.69) is 5.32 Å². The van der Waals surface area contributed by atoms with E-state index in [9.17, 15) is 14.4 Å². The zero-order valence-corrected chi connectivity index (χ0v) is 19.7. The van der Waals surface area contributed by atoms with Gasteiger partial charge in [-0.15, -0.1) is 11.3 Å². The fraction of sp³-hybridized carbons (Fsp3) is 0.227. The second-order valence-electron chi connectivity index (χ2n) is 6.60. The maximum atomic E-state index is 12.7. The first-order valence-corrected chi connectivity index (χ1v) is 11.1. The minimum absolute atomic E-state index is 0.00558. The van der Waals surface area contributed by atoms with Crippen LogP contribution in [0, 0.1) is 6.92 Å². The second-order valence-corrected chi connectivity index (χ2v) is 8.40. The van der Waals surface area contributed by atoms with Crippen LogP contribution in [0.5, 0.6) is 5.75 Å². The molecule has 0 saturated carbocycles. The number of thiophene rings is 1. The predicted octanol–water partition coefficient (Wildman–Crippen LogP) is 6.17. The van der Waals surface area contributed by atoms with Gasteiger partial charge in [0, 0.05) is 0 Å². The van der Waals surface area contributed by atoms with Crippen molar-refractivity contribution in [2.24, 2.45) is 0 Å². The van der Waals surface area contributed by atoms with Crippen molar-refractivity contribution in [3.05, 3.63) is 67.9 Å². The van der Waals surface area contributed by atoms with E-state index in [0.717, 1.165) is 11.3 Å². The lowest BCUT2D eigenvalue weighted by Crippen LogP contribution is -2.14. The Labute approximate surface area is 198 Å². The maximum absolute atomic E-state index is 12.7. The molecule has 0 atom stereocenters. The number of anilines is 1. The predicted molar refractivity (Wildman–Crippen MR) is 122 cm³/mol. The molecule has 3 rings (SSSR count). The van der Waals surface area contributed by atoms with Gasteiger partial charge in [0.2, 0.25) is 0 Å². The van der Waals surface area contributed by atoms with E-state index in [0.29, 0.717) is 27.0 Å². The summed E-state index contributed by atoms with van der Waals surface area (Å²) in [4.78, 5) is 37.4. The van der Waals surface area contributed by atoms with Gasteiger partial charge >= 0.3 is 5.97 Å². The van der Waals surface area contributed by atoms with E-state index in [1.54, 1.807) is 38.1 Å². The number of carbonyl (C=O) groups excluding carboxylic acids is 3. The summed E-state index contributed by atoms with van der Waals surface area (Å²) in [5.74, 6) is -0.647. The first kappa shape index (κ1) is 23.8. The highest BCUT2D eigenvalue weighted by molar-refractivity contribution is 7.18. The maximum Gasteiger partial charge on any atom is 0.341 e. The molecule has 2 aromatic heterocycles. The summed E-state index contributed by atoms with van der Waals surface area (Å²) in [6, 6.07) is 8.06. The number of hydrogen-bond acceptors (Lipinski definition) is 7. The van der Waals surface area contributed by atoms with Crippen LogP contribution in [0.1, 0.15) is 55.8 Å².